The Morgan fingerprint density at radius 2 is 2.08 bits per heavy atom. The van der Waals surface area contributed by atoms with Crippen LogP contribution in [0.3, 0.4) is 0 Å². The van der Waals surface area contributed by atoms with Crippen molar-refractivity contribution in [3.63, 3.8) is 0 Å². The molecule has 0 fully saturated rings. The number of aliphatic hydroxyl groups excluding tert-OH is 1. The van der Waals surface area contributed by atoms with Gasteiger partial charge in [0.2, 0.25) is 5.91 Å². The molecule has 1 rings (SSSR count). The van der Waals surface area contributed by atoms with Gasteiger partial charge in [0.05, 0.1) is 25.8 Å². The Morgan fingerprint density at radius 3 is 2.69 bits per heavy atom. The van der Waals surface area contributed by atoms with E-state index in [-0.39, 0.29) is 31.2 Å². The zero-order valence-corrected chi connectivity index (χ0v) is 17.8. The Hall–Kier alpha value is -0.610. The molecule has 6 nitrogen and oxygen atoms in total. The minimum Gasteiger partial charge on any atom is -0.392 e. The molecule has 26 heavy (non-hydrogen) atoms. The maximum Gasteiger partial charge on any atom is 0.237 e. The zero-order valence-electron chi connectivity index (χ0n) is 15.7. The van der Waals surface area contributed by atoms with Crippen LogP contribution in [0.25, 0.3) is 0 Å². The molecular weight excluding hydrogens is 370 g/mol. The number of carbonyl (C=O) groups excluding carboxylic acids is 1. The summed E-state index contributed by atoms with van der Waals surface area (Å²) in [6.45, 7) is 2.39. The van der Waals surface area contributed by atoms with Crippen molar-refractivity contribution in [3.8, 4) is 0 Å². The van der Waals surface area contributed by atoms with Crippen LogP contribution in [0.15, 0.2) is 24.3 Å². The fraction of sp³-hybridized carbons (Fsp3) is 0.611. The van der Waals surface area contributed by atoms with Crippen LogP contribution in [0, 0.1) is 0 Å². The molecule has 8 heteroatoms. The smallest absolute Gasteiger partial charge is 0.237 e. The first kappa shape index (κ1) is 23.4. The topological polar surface area (TPSA) is 79.8 Å². The SMILES string of the molecule is COOCC(Cc1ccccc1CO)NC(=O)C(CCCPC)NCP. The summed E-state index contributed by atoms with van der Waals surface area (Å²) in [6.07, 6.45) is 4.21. The number of rotatable bonds is 14. The Balaban J connectivity index is 2.75. The molecule has 0 aromatic heterocycles. The lowest BCUT2D eigenvalue weighted by Gasteiger charge is -2.23. The molecule has 4 unspecified atom stereocenters. The third kappa shape index (κ3) is 8.85. The summed E-state index contributed by atoms with van der Waals surface area (Å²) in [5.74, 6) is -0.0296. The van der Waals surface area contributed by atoms with Crippen LogP contribution in [0.4, 0.5) is 0 Å². The fourth-order valence-electron chi connectivity index (χ4n) is 2.73. The lowest BCUT2D eigenvalue weighted by molar-refractivity contribution is -0.275. The molecule has 0 aliphatic rings. The minimum absolute atomic E-state index is 0.0296. The molecule has 148 valence electrons. The van der Waals surface area contributed by atoms with E-state index < -0.39 is 0 Å². The molecule has 4 atom stereocenters. The van der Waals surface area contributed by atoms with E-state index >= 15 is 0 Å². The lowest BCUT2D eigenvalue weighted by Crippen LogP contribution is -2.49. The van der Waals surface area contributed by atoms with Gasteiger partial charge in [-0.15, -0.1) is 17.8 Å². The fourth-order valence-corrected chi connectivity index (χ4v) is 3.57. The molecule has 0 saturated carbocycles. The number of benzene rings is 1. The maximum atomic E-state index is 12.7. The largest absolute Gasteiger partial charge is 0.392 e. The van der Waals surface area contributed by atoms with E-state index in [0.717, 1.165) is 38.7 Å². The normalized spacial score (nSPS) is 13.8. The van der Waals surface area contributed by atoms with Crippen LogP contribution in [0.1, 0.15) is 24.0 Å². The van der Waals surface area contributed by atoms with Crippen molar-refractivity contribution in [1.82, 2.24) is 10.6 Å². The lowest BCUT2D eigenvalue weighted by atomic mass is 10.0. The van der Waals surface area contributed by atoms with Gasteiger partial charge in [-0.2, -0.15) is 0 Å². The molecule has 1 amide bonds. The summed E-state index contributed by atoms with van der Waals surface area (Å²) in [5.41, 5.74) is 1.84. The van der Waals surface area contributed by atoms with Crippen molar-refractivity contribution in [3.05, 3.63) is 35.4 Å². The third-order valence-corrected chi connectivity index (χ3v) is 5.18. The molecule has 1 aromatic rings. The molecule has 1 aromatic carbocycles. The van der Waals surface area contributed by atoms with Crippen LogP contribution in [0.5, 0.6) is 0 Å². The van der Waals surface area contributed by atoms with E-state index in [1.165, 1.54) is 7.11 Å². The van der Waals surface area contributed by atoms with Crippen molar-refractivity contribution < 1.29 is 19.7 Å². The number of amides is 1. The van der Waals surface area contributed by atoms with E-state index in [0.29, 0.717) is 12.7 Å². The highest BCUT2D eigenvalue weighted by molar-refractivity contribution is 7.36. The second kappa shape index (κ2) is 14.4. The number of nitrogens with one attached hydrogen (secondary N) is 2. The van der Waals surface area contributed by atoms with Crippen molar-refractivity contribution >= 4 is 23.7 Å². The number of aliphatic hydroxyl groups is 1. The Labute approximate surface area is 160 Å². The van der Waals surface area contributed by atoms with Crippen LogP contribution in [-0.4, -0.2) is 55.9 Å². The molecular formula is C18H32N2O4P2. The summed E-state index contributed by atoms with van der Waals surface area (Å²) >= 11 is 0. The van der Waals surface area contributed by atoms with Gasteiger partial charge in [0, 0.05) is 6.29 Å². The average Bonchev–Trinajstić information content (AvgIpc) is 2.65. The Morgan fingerprint density at radius 1 is 1.35 bits per heavy atom. The first-order chi connectivity index (χ1) is 12.7. The van der Waals surface area contributed by atoms with Crippen molar-refractivity contribution in [1.29, 1.82) is 0 Å². The summed E-state index contributed by atoms with van der Waals surface area (Å²) in [7, 11) is 4.95. The summed E-state index contributed by atoms with van der Waals surface area (Å²) in [4.78, 5) is 22.5. The summed E-state index contributed by atoms with van der Waals surface area (Å²) in [6, 6.07) is 7.20. The summed E-state index contributed by atoms with van der Waals surface area (Å²) in [5, 5.41) is 15.8. The zero-order chi connectivity index (χ0) is 19.2. The Bertz CT molecular complexity index is 520. The number of hydrogen-bond donors (Lipinski definition) is 3. The quantitative estimate of drug-likeness (QED) is 0.191. The molecule has 0 bridgehead atoms. The predicted octanol–water partition coefficient (Wildman–Crippen LogP) is 1.66. The van der Waals surface area contributed by atoms with Gasteiger partial charge in [-0.1, -0.05) is 24.3 Å². The molecule has 0 spiro atoms. The predicted molar refractivity (Wildman–Crippen MR) is 111 cm³/mol. The highest BCUT2D eigenvalue weighted by atomic mass is 31.1. The molecule has 0 radical (unpaired) electrons. The van der Waals surface area contributed by atoms with Gasteiger partial charge in [0.15, 0.2) is 0 Å². The highest BCUT2D eigenvalue weighted by Gasteiger charge is 2.21. The second-order valence-electron chi connectivity index (χ2n) is 5.99. The van der Waals surface area contributed by atoms with Gasteiger partial charge in [-0.25, -0.2) is 9.78 Å². The minimum atomic E-state index is -0.239. The Kier molecular flexibility index (Phi) is 13.0. The second-order valence-corrected chi connectivity index (χ2v) is 7.61. The standard InChI is InChI=1S/C18H32N2O4P2/c1-23-24-12-16(10-14-6-3-4-7-15(14)11-21)20-18(22)17(19-13-25)8-5-9-26-2/h3-4,6-7,16-17,19,21,26H,5,8-13,25H2,1-2H3,(H,20,22). The van der Waals surface area contributed by atoms with E-state index in [1.807, 2.05) is 24.3 Å². The van der Waals surface area contributed by atoms with Crippen LogP contribution < -0.4 is 10.6 Å². The van der Waals surface area contributed by atoms with Gasteiger partial charge in [-0.3, -0.25) is 4.79 Å². The van der Waals surface area contributed by atoms with Crippen LogP contribution in [-0.2, 0) is 27.6 Å². The average molecular weight is 402 g/mol. The van der Waals surface area contributed by atoms with Crippen molar-refractivity contribution in [2.24, 2.45) is 0 Å². The van der Waals surface area contributed by atoms with E-state index in [4.69, 9.17) is 9.78 Å². The molecule has 0 saturated heterocycles. The van der Waals surface area contributed by atoms with Gasteiger partial charge in [0.25, 0.3) is 0 Å². The van der Waals surface area contributed by atoms with Gasteiger partial charge < -0.3 is 15.7 Å². The van der Waals surface area contributed by atoms with Gasteiger partial charge >= 0.3 is 0 Å². The van der Waals surface area contributed by atoms with Gasteiger partial charge in [-0.05, 0) is 43.2 Å². The van der Waals surface area contributed by atoms with Crippen LogP contribution >= 0.6 is 17.8 Å². The monoisotopic (exact) mass is 402 g/mol. The molecule has 3 N–H and O–H groups in total. The van der Waals surface area contributed by atoms with Crippen LogP contribution in [0.2, 0.25) is 0 Å². The van der Waals surface area contributed by atoms with Crippen molar-refractivity contribution in [2.75, 3.05) is 32.8 Å². The van der Waals surface area contributed by atoms with E-state index in [9.17, 15) is 9.90 Å². The summed E-state index contributed by atoms with van der Waals surface area (Å²) < 4.78 is 0. The molecule has 0 aliphatic heterocycles. The molecule has 0 heterocycles. The van der Waals surface area contributed by atoms with Crippen molar-refractivity contribution in [2.45, 2.75) is 38.0 Å². The van der Waals surface area contributed by atoms with E-state index in [1.54, 1.807) is 0 Å². The highest BCUT2D eigenvalue weighted by Crippen LogP contribution is 2.13. The molecule has 0 aliphatic carbocycles. The number of hydrogen-bond acceptors (Lipinski definition) is 5. The number of carbonyl (C=O) groups is 1. The third-order valence-electron chi connectivity index (χ3n) is 4.09. The maximum absolute atomic E-state index is 12.7. The van der Waals surface area contributed by atoms with E-state index in [2.05, 4.69) is 26.5 Å². The first-order valence-corrected chi connectivity index (χ1v) is 11.4. The van der Waals surface area contributed by atoms with Gasteiger partial charge in [0.1, 0.15) is 6.61 Å². The first-order valence-electron chi connectivity index (χ1n) is 8.87.